The first-order chi connectivity index (χ1) is 8.95. The molecule has 0 bridgehead atoms. The SMILES string of the molecule is CCCCOc1ccc(S(=O)(=O)NC[C@@H](C)O)cc1. The van der Waals surface area contributed by atoms with Gasteiger partial charge in [-0.1, -0.05) is 13.3 Å². The van der Waals surface area contributed by atoms with E-state index < -0.39 is 16.1 Å². The molecule has 6 heteroatoms. The van der Waals surface area contributed by atoms with Gasteiger partial charge in [-0.3, -0.25) is 0 Å². The first-order valence-corrected chi connectivity index (χ1v) is 7.84. The summed E-state index contributed by atoms with van der Waals surface area (Å²) in [6.07, 6.45) is 1.30. The summed E-state index contributed by atoms with van der Waals surface area (Å²) in [5.74, 6) is 0.655. The molecule has 0 amide bonds. The van der Waals surface area contributed by atoms with Crippen LogP contribution in [0.1, 0.15) is 26.7 Å². The largest absolute Gasteiger partial charge is 0.494 e. The van der Waals surface area contributed by atoms with Gasteiger partial charge in [-0.2, -0.15) is 0 Å². The molecule has 19 heavy (non-hydrogen) atoms. The Morgan fingerprint density at radius 2 is 1.95 bits per heavy atom. The van der Waals surface area contributed by atoms with E-state index in [-0.39, 0.29) is 11.4 Å². The number of benzene rings is 1. The van der Waals surface area contributed by atoms with Gasteiger partial charge in [0.25, 0.3) is 0 Å². The maximum absolute atomic E-state index is 11.8. The maximum Gasteiger partial charge on any atom is 0.240 e. The average molecular weight is 287 g/mol. The zero-order chi connectivity index (χ0) is 14.3. The highest BCUT2D eigenvalue weighted by atomic mass is 32.2. The monoisotopic (exact) mass is 287 g/mol. The topological polar surface area (TPSA) is 75.6 Å². The number of hydrogen-bond acceptors (Lipinski definition) is 4. The molecule has 108 valence electrons. The van der Waals surface area contributed by atoms with Gasteiger partial charge in [-0.25, -0.2) is 13.1 Å². The van der Waals surface area contributed by atoms with Crippen LogP contribution in [0, 0.1) is 0 Å². The first kappa shape index (κ1) is 15.9. The molecule has 0 aliphatic carbocycles. The predicted octanol–water partition coefficient (Wildman–Crippen LogP) is 1.52. The molecule has 0 aliphatic heterocycles. The molecule has 0 fully saturated rings. The number of unbranched alkanes of at least 4 members (excludes halogenated alkanes) is 1. The highest BCUT2D eigenvalue weighted by Crippen LogP contribution is 2.16. The van der Waals surface area contributed by atoms with Crippen molar-refractivity contribution >= 4 is 10.0 Å². The number of ether oxygens (including phenoxy) is 1. The Morgan fingerprint density at radius 1 is 1.32 bits per heavy atom. The van der Waals surface area contributed by atoms with E-state index >= 15 is 0 Å². The molecule has 0 radical (unpaired) electrons. The molecule has 2 N–H and O–H groups in total. The van der Waals surface area contributed by atoms with Crippen molar-refractivity contribution in [2.45, 2.75) is 37.7 Å². The minimum atomic E-state index is -3.56. The van der Waals surface area contributed by atoms with E-state index in [1.54, 1.807) is 12.1 Å². The molecule has 1 rings (SSSR count). The molecule has 0 aliphatic rings. The van der Waals surface area contributed by atoms with E-state index in [4.69, 9.17) is 9.84 Å². The minimum absolute atomic E-state index is 0.00289. The van der Waals surface area contributed by atoms with Crippen LogP contribution in [0.25, 0.3) is 0 Å². The van der Waals surface area contributed by atoms with Crippen LogP contribution >= 0.6 is 0 Å². The third kappa shape index (κ3) is 5.59. The van der Waals surface area contributed by atoms with Crippen LogP contribution in [0.2, 0.25) is 0 Å². The summed E-state index contributed by atoms with van der Waals surface area (Å²) in [6.45, 7) is 4.22. The lowest BCUT2D eigenvalue weighted by Gasteiger charge is -2.09. The third-order valence-corrected chi connectivity index (χ3v) is 3.91. The summed E-state index contributed by atoms with van der Waals surface area (Å²) in [6, 6.07) is 6.25. The molecule has 1 aromatic carbocycles. The van der Waals surface area contributed by atoms with Crippen LogP contribution in [0.5, 0.6) is 5.75 Å². The lowest BCUT2D eigenvalue weighted by Crippen LogP contribution is -2.30. The molecular weight excluding hydrogens is 266 g/mol. The summed E-state index contributed by atoms with van der Waals surface area (Å²) < 4.78 is 31.5. The summed E-state index contributed by atoms with van der Waals surface area (Å²) >= 11 is 0. The number of aliphatic hydroxyl groups excluding tert-OH is 1. The number of aliphatic hydroxyl groups is 1. The smallest absolute Gasteiger partial charge is 0.240 e. The van der Waals surface area contributed by atoms with Crippen molar-refractivity contribution in [2.24, 2.45) is 0 Å². The van der Waals surface area contributed by atoms with Crippen molar-refractivity contribution in [1.29, 1.82) is 0 Å². The third-order valence-electron chi connectivity index (χ3n) is 2.47. The van der Waals surface area contributed by atoms with Gasteiger partial charge in [0.1, 0.15) is 5.75 Å². The van der Waals surface area contributed by atoms with Crippen molar-refractivity contribution in [3.05, 3.63) is 24.3 Å². The molecule has 0 saturated heterocycles. The van der Waals surface area contributed by atoms with Crippen molar-refractivity contribution < 1.29 is 18.3 Å². The molecule has 0 unspecified atom stereocenters. The van der Waals surface area contributed by atoms with Crippen molar-refractivity contribution in [2.75, 3.05) is 13.2 Å². The Balaban J connectivity index is 2.64. The summed E-state index contributed by atoms with van der Waals surface area (Å²) in [5, 5.41) is 9.08. The summed E-state index contributed by atoms with van der Waals surface area (Å²) in [4.78, 5) is 0.163. The average Bonchev–Trinajstić information content (AvgIpc) is 2.37. The van der Waals surface area contributed by atoms with Crippen molar-refractivity contribution in [3.8, 4) is 5.75 Å². The lowest BCUT2D eigenvalue weighted by atomic mass is 10.3. The Bertz CT molecular complexity index is 468. The van der Waals surface area contributed by atoms with Gasteiger partial charge in [0, 0.05) is 6.54 Å². The van der Waals surface area contributed by atoms with Crippen molar-refractivity contribution in [1.82, 2.24) is 4.72 Å². The normalized spacial score (nSPS) is 13.2. The molecule has 0 aromatic heterocycles. The van der Waals surface area contributed by atoms with E-state index in [2.05, 4.69) is 11.6 Å². The molecule has 0 saturated carbocycles. The zero-order valence-electron chi connectivity index (χ0n) is 11.3. The number of sulfonamides is 1. The molecule has 5 nitrogen and oxygen atoms in total. The van der Waals surface area contributed by atoms with Crippen LogP contribution in [0.4, 0.5) is 0 Å². The number of hydrogen-bond donors (Lipinski definition) is 2. The Morgan fingerprint density at radius 3 is 2.47 bits per heavy atom. The quantitative estimate of drug-likeness (QED) is 0.711. The van der Waals surface area contributed by atoms with Gasteiger partial charge >= 0.3 is 0 Å². The van der Waals surface area contributed by atoms with Crippen LogP contribution in [-0.4, -0.2) is 32.8 Å². The highest BCUT2D eigenvalue weighted by Gasteiger charge is 2.14. The molecule has 0 spiro atoms. The molecular formula is C13H21NO4S. The van der Waals surface area contributed by atoms with Crippen LogP contribution in [-0.2, 0) is 10.0 Å². The zero-order valence-corrected chi connectivity index (χ0v) is 12.1. The molecule has 0 heterocycles. The second-order valence-electron chi connectivity index (χ2n) is 4.37. The van der Waals surface area contributed by atoms with E-state index in [0.29, 0.717) is 12.4 Å². The van der Waals surface area contributed by atoms with E-state index in [1.807, 2.05) is 0 Å². The number of nitrogens with one attached hydrogen (secondary N) is 1. The molecule has 1 atom stereocenters. The van der Waals surface area contributed by atoms with Gasteiger partial charge in [0.15, 0.2) is 0 Å². The number of rotatable bonds is 8. The minimum Gasteiger partial charge on any atom is -0.494 e. The van der Waals surface area contributed by atoms with Crippen LogP contribution < -0.4 is 9.46 Å². The highest BCUT2D eigenvalue weighted by molar-refractivity contribution is 7.89. The lowest BCUT2D eigenvalue weighted by molar-refractivity contribution is 0.198. The first-order valence-electron chi connectivity index (χ1n) is 6.36. The van der Waals surface area contributed by atoms with E-state index in [9.17, 15) is 8.42 Å². The fourth-order valence-electron chi connectivity index (χ4n) is 1.36. The van der Waals surface area contributed by atoms with E-state index in [1.165, 1.54) is 19.1 Å². The van der Waals surface area contributed by atoms with E-state index in [0.717, 1.165) is 12.8 Å². The second kappa shape index (κ2) is 7.47. The van der Waals surface area contributed by atoms with Gasteiger partial charge in [0.05, 0.1) is 17.6 Å². The van der Waals surface area contributed by atoms with Gasteiger partial charge in [-0.05, 0) is 37.6 Å². The second-order valence-corrected chi connectivity index (χ2v) is 6.14. The fourth-order valence-corrected chi connectivity index (χ4v) is 2.48. The summed E-state index contributed by atoms with van der Waals surface area (Å²) in [7, 11) is -3.56. The maximum atomic E-state index is 11.8. The Labute approximate surface area is 114 Å². The van der Waals surface area contributed by atoms with Crippen LogP contribution in [0.3, 0.4) is 0 Å². The van der Waals surface area contributed by atoms with Crippen LogP contribution in [0.15, 0.2) is 29.2 Å². The molecule has 1 aromatic rings. The standard InChI is InChI=1S/C13H21NO4S/c1-3-4-9-18-12-5-7-13(8-6-12)19(16,17)14-10-11(2)15/h5-8,11,14-15H,3-4,9-10H2,1-2H3/t11-/m1/s1. The Hall–Kier alpha value is -1.11. The van der Waals surface area contributed by atoms with Gasteiger partial charge in [0.2, 0.25) is 10.0 Å². The Kier molecular flexibility index (Phi) is 6.27. The van der Waals surface area contributed by atoms with Gasteiger partial charge in [-0.15, -0.1) is 0 Å². The predicted molar refractivity (Wildman–Crippen MR) is 73.7 cm³/mol. The van der Waals surface area contributed by atoms with Crippen molar-refractivity contribution in [3.63, 3.8) is 0 Å². The van der Waals surface area contributed by atoms with Gasteiger partial charge < -0.3 is 9.84 Å². The fraction of sp³-hybridized carbons (Fsp3) is 0.538. The summed E-state index contributed by atoms with van der Waals surface area (Å²) in [5.41, 5.74) is 0.